The third kappa shape index (κ3) is 3.17. The average Bonchev–Trinajstić information content (AvgIpc) is 2.56. The molecule has 1 aromatic carbocycles. The Bertz CT molecular complexity index is 784. The van der Waals surface area contributed by atoms with Crippen molar-refractivity contribution in [1.82, 2.24) is 9.97 Å². The first-order chi connectivity index (χ1) is 10.7. The quantitative estimate of drug-likeness (QED) is 0.799. The van der Waals surface area contributed by atoms with Crippen LogP contribution in [0.3, 0.4) is 0 Å². The monoisotopic (exact) mass is 290 g/mol. The van der Waals surface area contributed by atoms with E-state index in [2.05, 4.69) is 9.97 Å². The Morgan fingerprint density at radius 2 is 1.59 bits per heavy atom. The van der Waals surface area contributed by atoms with E-state index in [9.17, 15) is 4.79 Å². The first-order valence-corrected chi connectivity index (χ1v) is 6.90. The zero-order chi connectivity index (χ0) is 15.4. The maximum atomic E-state index is 10.9. The molecule has 0 unspecified atom stereocenters. The Morgan fingerprint density at radius 1 is 0.909 bits per heavy atom. The number of carboxylic acid groups (broad SMARTS) is 1. The zero-order valence-electron chi connectivity index (χ0n) is 11.8. The van der Waals surface area contributed by atoms with E-state index >= 15 is 0 Å². The summed E-state index contributed by atoms with van der Waals surface area (Å²) in [4.78, 5) is 19.3. The lowest BCUT2D eigenvalue weighted by atomic mass is 10.0. The van der Waals surface area contributed by atoms with Gasteiger partial charge in [0.25, 0.3) is 0 Å². The normalized spacial score (nSPS) is 10.4. The van der Waals surface area contributed by atoms with Crippen molar-refractivity contribution in [2.75, 3.05) is 0 Å². The molecule has 108 valence electrons. The van der Waals surface area contributed by atoms with Crippen molar-refractivity contribution in [3.05, 3.63) is 83.9 Å². The van der Waals surface area contributed by atoms with E-state index in [0.717, 1.165) is 22.4 Å². The number of aromatic nitrogens is 2. The van der Waals surface area contributed by atoms with Crippen LogP contribution in [0, 0.1) is 0 Å². The molecule has 0 amide bonds. The van der Waals surface area contributed by atoms with Crippen LogP contribution in [0.4, 0.5) is 0 Å². The molecule has 4 nitrogen and oxygen atoms in total. The zero-order valence-corrected chi connectivity index (χ0v) is 11.8. The minimum Gasteiger partial charge on any atom is -0.478 e. The molecule has 0 radical (unpaired) electrons. The van der Waals surface area contributed by atoms with Crippen LogP contribution in [0.5, 0.6) is 0 Å². The second-order valence-corrected chi connectivity index (χ2v) is 4.95. The molecular weight excluding hydrogens is 276 g/mol. The average molecular weight is 290 g/mol. The highest BCUT2D eigenvalue weighted by molar-refractivity contribution is 5.87. The van der Waals surface area contributed by atoms with Gasteiger partial charge in [0.15, 0.2) is 0 Å². The molecule has 0 aliphatic heterocycles. The van der Waals surface area contributed by atoms with E-state index in [1.165, 1.54) is 0 Å². The van der Waals surface area contributed by atoms with Gasteiger partial charge in [-0.1, -0.05) is 12.1 Å². The Hall–Kier alpha value is -3.01. The van der Waals surface area contributed by atoms with E-state index in [1.807, 2.05) is 36.4 Å². The number of nitrogens with zero attached hydrogens (tertiary/aromatic N) is 2. The van der Waals surface area contributed by atoms with Gasteiger partial charge in [-0.15, -0.1) is 0 Å². The maximum Gasteiger partial charge on any atom is 0.335 e. The van der Waals surface area contributed by atoms with Crippen LogP contribution in [-0.2, 0) is 6.42 Å². The third-order valence-electron chi connectivity index (χ3n) is 3.42. The predicted octanol–water partition coefficient (Wildman–Crippen LogP) is 3.43. The third-order valence-corrected chi connectivity index (χ3v) is 3.42. The number of benzene rings is 1. The fourth-order valence-electron chi connectivity index (χ4n) is 2.27. The van der Waals surface area contributed by atoms with Crippen LogP contribution in [0.25, 0.3) is 11.1 Å². The van der Waals surface area contributed by atoms with E-state index in [4.69, 9.17) is 5.11 Å². The Morgan fingerprint density at radius 3 is 2.27 bits per heavy atom. The minimum absolute atomic E-state index is 0.294. The summed E-state index contributed by atoms with van der Waals surface area (Å²) >= 11 is 0. The summed E-state index contributed by atoms with van der Waals surface area (Å²) in [5.41, 5.74) is 4.46. The van der Waals surface area contributed by atoms with Crippen LogP contribution in [0.2, 0.25) is 0 Å². The maximum absolute atomic E-state index is 10.9. The highest BCUT2D eigenvalue weighted by atomic mass is 16.4. The SMILES string of the molecule is O=C(O)c1ccc(Cc2cc(-c3ccncc3)ccn2)cc1. The molecule has 4 heteroatoms. The molecular formula is C18H14N2O2. The molecule has 1 N–H and O–H groups in total. The Balaban J connectivity index is 1.82. The highest BCUT2D eigenvalue weighted by Crippen LogP contribution is 2.19. The number of carboxylic acids is 1. The molecule has 0 aliphatic carbocycles. The second kappa shape index (κ2) is 6.18. The molecule has 3 rings (SSSR count). The summed E-state index contributed by atoms with van der Waals surface area (Å²) in [5, 5.41) is 8.91. The van der Waals surface area contributed by atoms with E-state index < -0.39 is 5.97 Å². The van der Waals surface area contributed by atoms with Gasteiger partial charge < -0.3 is 5.11 Å². The summed E-state index contributed by atoms with van der Waals surface area (Å²) in [7, 11) is 0. The molecule has 0 aliphatic rings. The fourth-order valence-corrected chi connectivity index (χ4v) is 2.27. The van der Waals surface area contributed by atoms with Crippen LogP contribution < -0.4 is 0 Å². The van der Waals surface area contributed by atoms with Gasteiger partial charge in [0.05, 0.1) is 5.56 Å². The predicted molar refractivity (Wildman–Crippen MR) is 83.7 cm³/mol. The molecule has 0 spiro atoms. The Kier molecular flexibility index (Phi) is 3.92. The van der Waals surface area contributed by atoms with Gasteiger partial charge in [-0.3, -0.25) is 9.97 Å². The lowest BCUT2D eigenvalue weighted by molar-refractivity contribution is 0.0697. The van der Waals surface area contributed by atoms with Gasteiger partial charge in [-0.2, -0.15) is 0 Å². The number of rotatable bonds is 4. The number of carbonyl (C=O) groups is 1. The number of pyridine rings is 2. The van der Waals surface area contributed by atoms with E-state index in [0.29, 0.717) is 12.0 Å². The van der Waals surface area contributed by atoms with Crippen molar-refractivity contribution in [2.45, 2.75) is 6.42 Å². The first kappa shape index (κ1) is 13.9. The number of hydrogen-bond acceptors (Lipinski definition) is 3. The minimum atomic E-state index is -0.913. The molecule has 0 saturated carbocycles. The van der Waals surface area contributed by atoms with Gasteiger partial charge in [-0.05, 0) is 53.1 Å². The molecule has 22 heavy (non-hydrogen) atoms. The van der Waals surface area contributed by atoms with Crippen LogP contribution in [0.1, 0.15) is 21.6 Å². The molecule has 2 aromatic heterocycles. The summed E-state index contributed by atoms with van der Waals surface area (Å²) in [6.45, 7) is 0. The van der Waals surface area contributed by atoms with Gasteiger partial charge >= 0.3 is 5.97 Å². The highest BCUT2D eigenvalue weighted by Gasteiger charge is 2.04. The number of hydrogen-bond donors (Lipinski definition) is 1. The summed E-state index contributed by atoms with van der Waals surface area (Å²) in [6.07, 6.45) is 5.98. The summed E-state index contributed by atoms with van der Waals surface area (Å²) < 4.78 is 0. The van der Waals surface area contributed by atoms with Crippen molar-refractivity contribution >= 4 is 5.97 Å². The lowest BCUT2D eigenvalue weighted by Gasteiger charge is -2.05. The lowest BCUT2D eigenvalue weighted by Crippen LogP contribution is -1.97. The summed E-state index contributed by atoms with van der Waals surface area (Å²) in [5.74, 6) is -0.913. The summed E-state index contributed by atoms with van der Waals surface area (Å²) in [6, 6.07) is 14.8. The fraction of sp³-hybridized carbons (Fsp3) is 0.0556. The van der Waals surface area contributed by atoms with Crippen molar-refractivity contribution in [3.8, 4) is 11.1 Å². The second-order valence-electron chi connectivity index (χ2n) is 4.95. The van der Waals surface area contributed by atoms with E-state index in [1.54, 1.807) is 30.7 Å². The van der Waals surface area contributed by atoms with Gasteiger partial charge in [0.2, 0.25) is 0 Å². The first-order valence-electron chi connectivity index (χ1n) is 6.90. The largest absolute Gasteiger partial charge is 0.478 e. The Labute approximate surface area is 128 Å². The number of aromatic carboxylic acids is 1. The van der Waals surface area contributed by atoms with Crippen LogP contribution in [-0.4, -0.2) is 21.0 Å². The topological polar surface area (TPSA) is 63.1 Å². The van der Waals surface area contributed by atoms with E-state index in [-0.39, 0.29) is 0 Å². The molecule has 0 atom stereocenters. The smallest absolute Gasteiger partial charge is 0.335 e. The van der Waals surface area contributed by atoms with Crippen molar-refractivity contribution in [3.63, 3.8) is 0 Å². The van der Waals surface area contributed by atoms with Crippen LogP contribution in [0.15, 0.2) is 67.1 Å². The van der Waals surface area contributed by atoms with Crippen LogP contribution >= 0.6 is 0 Å². The van der Waals surface area contributed by atoms with Crippen molar-refractivity contribution in [1.29, 1.82) is 0 Å². The molecule has 0 bridgehead atoms. The van der Waals surface area contributed by atoms with Gasteiger partial charge in [-0.25, -0.2) is 4.79 Å². The van der Waals surface area contributed by atoms with Crippen molar-refractivity contribution < 1.29 is 9.90 Å². The standard InChI is InChI=1S/C18H14N2O2/c21-18(22)15-3-1-13(2-4-15)11-17-12-16(7-10-20-17)14-5-8-19-9-6-14/h1-10,12H,11H2,(H,21,22). The molecule has 2 heterocycles. The van der Waals surface area contributed by atoms with Gasteiger partial charge in [0.1, 0.15) is 0 Å². The van der Waals surface area contributed by atoms with Crippen molar-refractivity contribution in [2.24, 2.45) is 0 Å². The van der Waals surface area contributed by atoms with Gasteiger partial charge in [0, 0.05) is 30.7 Å². The molecule has 3 aromatic rings. The molecule has 0 fully saturated rings. The molecule has 0 saturated heterocycles.